The SMILES string of the molecule is C[C@H]1CNCCN1Cc1c(F)cc(Cl)cc1-c1ncnc2cc(CN3C(=O)C4CC4C3=O)sc12. The molecule has 3 atom stereocenters. The molecule has 2 unspecified atom stereocenters. The maximum Gasteiger partial charge on any atom is 0.233 e. The number of aromatic nitrogens is 2. The van der Waals surface area contributed by atoms with Crippen LogP contribution in [0.5, 0.6) is 0 Å². The van der Waals surface area contributed by atoms with Crippen molar-refractivity contribution in [3.8, 4) is 11.3 Å². The Hall–Kier alpha value is -2.46. The number of hydrogen-bond acceptors (Lipinski definition) is 7. The van der Waals surface area contributed by atoms with Gasteiger partial charge in [-0.2, -0.15) is 0 Å². The zero-order valence-corrected chi connectivity index (χ0v) is 20.1. The Labute approximate surface area is 204 Å². The van der Waals surface area contributed by atoms with Gasteiger partial charge in [0.05, 0.1) is 34.3 Å². The highest BCUT2D eigenvalue weighted by Crippen LogP contribution is 2.48. The van der Waals surface area contributed by atoms with E-state index in [1.165, 1.54) is 28.6 Å². The Morgan fingerprint density at radius 2 is 1.97 bits per heavy atom. The van der Waals surface area contributed by atoms with E-state index in [2.05, 4.69) is 27.1 Å². The molecular formula is C24H23ClFN5O2S. The van der Waals surface area contributed by atoms with Gasteiger partial charge in [0.1, 0.15) is 12.1 Å². The van der Waals surface area contributed by atoms with Crippen LogP contribution in [0.25, 0.3) is 21.5 Å². The number of halogens is 2. The fraction of sp³-hybridized carbons (Fsp3) is 0.417. The molecule has 1 aliphatic carbocycles. The molecule has 34 heavy (non-hydrogen) atoms. The lowest BCUT2D eigenvalue weighted by Gasteiger charge is -2.34. The zero-order chi connectivity index (χ0) is 23.6. The lowest BCUT2D eigenvalue weighted by atomic mass is 10.0. The molecule has 4 heterocycles. The number of carbonyl (C=O) groups excluding carboxylic acids is 2. The van der Waals surface area contributed by atoms with Crippen LogP contribution in [0.15, 0.2) is 24.5 Å². The number of imide groups is 1. The molecule has 10 heteroatoms. The molecule has 2 saturated heterocycles. The van der Waals surface area contributed by atoms with Crippen LogP contribution in [0.3, 0.4) is 0 Å². The molecule has 1 aromatic carbocycles. The Kier molecular flexibility index (Phi) is 5.40. The second-order valence-electron chi connectivity index (χ2n) is 9.30. The van der Waals surface area contributed by atoms with Gasteiger partial charge >= 0.3 is 0 Å². The Morgan fingerprint density at radius 3 is 2.74 bits per heavy atom. The standard InChI is InChI=1S/C24H23ClFN5O2S/c1-12-8-27-2-3-30(12)10-18-15(4-13(25)5-19(18)26)21-22-20(28-11-29-21)6-14(34-22)9-31-23(32)16-7-17(16)24(31)33/h4-6,11-12,16-17,27H,2-3,7-10H2,1H3/t12-,16?,17?/m0/s1. The second kappa shape index (κ2) is 8.34. The van der Waals surface area contributed by atoms with Crippen LogP contribution in [0.1, 0.15) is 23.8 Å². The topological polar surface area (TPSA) is 78.4 Å². The number of rotatable bonds is 5. The quantitative estimate of drug-likeness (QED) is 0.542. The van der Waals surface area contributed by atoms with Gasteiger partial charge < -0.3 is 5.32 Å². The van der Waals surface area contributed by atoms with Crippen LogP contribution < -0.4 is 5.32 Å². The number of thiophene rings is 1. The van der Waals surface area contributed by atoms with E-state index in [9.17, 15) is 9.59 Å². The largest absolute Gasteiger partial charge is 0.314 e. The summed E-state index contributed by atoms with van der Waals surface area (Å²) in [5.74, 6) is -0.765. The number of fused-ring (bicyclic) bond motifs is 2. The first-order valence-corrected chi connectivity index (χ1v) is 12.6. The van der Waals surface area contributed by atoms with E-state index < -0.39 is 0 Å². The molecule has 7 nitrogen and oxygen atoms in total. The molecule has 2 amide bonds. The average molecular weight is 500 g/mol. The summed E-state index contributed by atoms with van der Waals surface area (Å²) in [6, 6.07) is 5.27. The number of nitrogens with one attached hydrogen (secondary N) is 1. The van der Waals surface area contributed by atoms with Crippen LogP contribution in [0.4, 0.5) is 4.39 Å². The molecule has 3 fully saturated rings. The van der Waals surface area contributed by atoms with Gasteiger partial charge in [0, 0.05) is 53.2 Å². The molecular weight excluding hydrogens is 477 g/mol. The summed E-state index contributed by atoms with van der Waals surface area (Å²) in [6.07, 6.45) is 2.15. The minimum atomic E-state index is -0.357. The Balaban J connectivity index is 1.38. The highest BCUT2D eigenvalue weighted by atomic mass is 35.5. The van der Waals surface area contributed by atoms with E-state index in [0.29, 0.717) is 40.3 Å². The molecule has 176 valence electrons. The van der Waals surface area contributed by atoms with E-state index in [-0.39, 0.29) is 42.1 Å². The van der Waals surface area contributed by atoms with Gasteiger partial charge in [-0.25, -0.2) is 14.4 Å². The van der Waals surface area contributed by atoms with Crippen molar-refractivity contribution in [2.24, 2.45) is 11.8 Å². The van der Waals surface area contributed by atoms with E-state index in [0.717, 1.165) is 29.2 Å². The Morgan fingerprint density at radius 1 is 1.18 bits per heavy atom. The summed E-state index contributed by atoms with van der Waals surface area (Å²) in [5.41, 5.74) is 2.52. The number of hydrogen-bond donors (Lipinski definition) is 1. The minimum Gasteiger partial charge on any atom is -0.314 e. The third-order valence-electron chi connectivity index (χ3n) is 7.05. The van der Waals surface area contributed by atoms with Crippen molar-refractivity contribution in [3.05, 3.63) is 45.8 Å². The molecule has 2 aromatic heterocycles. The minimum absolute atomic E-state index is 0.0805. The summed E-state index contributed by atoms with van der Waals surface area (Å²) in [4.78, 5) is 38.2. The fourth-order valence-corrected chi connectivity index (χ4v) is 6.34. The lowest BCUT2D eigenvalue weighted by Crippen LogP contribution is -2.49. The predicted octanol–water partition coefficient (Wildman–Crippen LogP) is 3.45. The summed E-state index contributed by atoms with van der Waals surface area (Å²) in [6.45, 7) is 5.34. The number of piperazine rings is 1. The summed E-state index contributed by atoms with van der Waals surface area (Å²) < 4.78 is 16.0. The van der Waals surface area contributed by atoms with Crippen molar-refractivity contribution in [3.63, 3.8) is 0 Å². The molecule has 0 bridgehead atoms. The monoisotopic (exact) mass is 499 g/mol. The van der Waals surface area contributed by atoms with Gasteiger partial charge in [0.2, 0.25) is 11.8 Å². The van der Waals surface area contributed by atoms with Gasteiger partial charge in [-0.15, -0.1) is 11.3 Å². The summed E-state index contributed by atoms with van der Waals surface area (Å²) in [5, 5.41) is 3.67. The van der Waals surface area contributed by atoms with Crippen LogP contribution in [0, 0.1) is 17.7 Å². The number of benzene rings is 1. The normalized spacial score (nSPS) is 24.8. The maximum atomic E-state index is 15.2. The number of carbonyl (C=O) groups is 2. The van der Waals surface area contributed by atoms with Crippen molar-refractivity contribution in [2.75, 3.05) is 19.6 Å². The van der Waals surface area contributed by atoms with Crippen LogP contribution in [0.2, 0.25) is 5.02 Å². The molecule has 6 rings (SSSR count). The van der Waals surface area contributed by atoms with E-state index in [4.69, 9.17) is 11.6 Å². The van der Waals surface area contributed by atoms with Crippen LogP contribution in [-0.4, -0.2) is 57.3 Å². The van der Waals surface area contributed by atoms with Crippen molar-refractivity contribution in [1.82, 2.24) is 25.1 Å². The molecule has 0 radical (unpaired) electrons. The summed E-state index contributed by atoms with van der Waals surface area (Å²) in [7, 11) is 0. The first-order chi connectivity index (χ1) is 16.4. The highest BCUT2D eigenvalue weighted by molar-refractivity contribution is 7.19. The van der Waals surface area contributed by atoms with Crippen molar-refractivity contribution >= 4 is 45.0 Å². The number of likely N-dealkylation sites (tertiary alicyclic amines) is 1. The molecule has 1 N–H and O–H groups in total. The van der Waals surface area contributed by atoms with Crippen molar-refractivity contribution in [2.45, 2.75) is 32.5 Å². The zero-order valence-electron chi connectivity index (χ0n) is 18.6. The van der Waals surface area contributed by atoms with Crippen molar-refractivity contribution in [1.29, 1.82) is 0 Å². The third-order valence-corrected chi connectivity index (χ3v) is 8.38. The first-order valence-electron chi connectivity index (χ1n) is 11.4. The highest BCUT2D eigenvalue weighted by Gasteiger charge is 2.58. The van der Waals surface area contributed by atoms with Crippen LogP contribution in [-0.2, 0) is 22.7 Å². The second-order valence-corrected chi connectivity index (χ2v) is 10.9. The molecule has 2 aliphatic heterocycles. The van der Waals surface area contributed by atoms with Gasteiger partial charge in [-0.1, -0.05) is 11.6 Å². The first kappa shape index (κ1) is 22.0. The van der Waals surface area contributed by atoms with E-state index in [1.54, 1.807) is 6.07 Å². The van der Waals surface area contributed by atoms with Crippen LogP contribution >= 0.6 is 22.9 Å². The molecule has 0 spiro atoms. The molecule has 3 aliphatic rings. The van der Waals surface area contributed by atoms with Gasteiger partial charge in [0.15, 0.2) is 0 Å². The Bertz CT molecular complexity index is 1310. The maximum absolute atomic E-state index is 15.2. The smallest absolute Gasteiger partial charge is 0.233 e. The number of amides is 2. The molecule has 3 aromatic rings. The van der Waals surface area contributed by atoms with E-state index in [1.807, 2.05) is 6.07 Å². The molecule has 1 saturated carbocycles. The average Bonchev–Trinajstić information content (AvgIpc) is 3.45. The van der Waals surface area contributed by atoms with Gasteiger partial charge in [-0.3, -0.25) is 19.4 Å². The predicted molar refractivity (Wildman–Crippen MR) is 128 cm³/mol. The van der Waals surface area contributed by atoms with Crippen molar-refractivity contribution < 1.29 is 14.0 Å². The van der Waals surface area contributed by atoms with Gasteiger partial charge in [0.25, 0.3) is 0 Å². The number of piperidine rings is 1. The summed E-state index contributed by atoms with van der Waals surface area (Å²) >= 11 is 7.71. The third kappa shape index (κ3) is 3.71. The fourth-order valence-electron chi connectivity index (χ4n) is 5.03. The lowest BCUT2D eigenvalue weighted by molar-refractivity contribution is -0.141. The van der Waals surface area contributed by atoms with Gasteiger partial charge in [-0.05, 0) is 31.5 Å². The number of nitrogens with zero attached hydrogens (tertiary/aromatic N) is 4. The van der Waals surface area contributed by atoms with E-state index >= 15 is 4.39 Å².